The van der Waals surface area contributed by atoms with Crippen molar-refractivity contribution < 1.29 is 43.2 Å². The van der Waals surface area contributed by atoms with Crippen LogP contribution in [0, 0.1) is 17.0 Å². The molecule has 0 aromatic heterocycles. The topological polar surface area (TPSA) is 125 Å². The van der Waals surface area contributed by atoms with E-state index >= 15 is 0 Å². The molecule has 0 spiro atoms. The Morgan fingerprint density at radius 2 is 1.62 bits per heavy atom. The molecule has 228 valence electrons. The van der Waals surface area contributed by atoms with Crippen molar-refractivity contribution in [3.63, 3.8) is 0 Å². The molecule has 0 unspecified atom stereocenters. The van der Waals surface area contributed by atoms with E-state index in [4.69, 9.17) is 4.74 Å². The van der Waals surface area contributed by atoms with Crippen LogP contribution in [0.15, 0.2) is 91.0 Å². The van der Waals surface area contributed by atoms with E-state index in [0.717, 1.165) is 22.4 Å². The molecule has 0 radical (unpaired) electrons. The number of amides is 1. The molecule has 4 aromatic carbocycles. The van der Waals surface area contributed by atoms with E-state index in [-0.39, 0.29) is 31.0 Å². The number of rotatable bonds is 14. The second-order valence-corrected chi connectivity index (χ2v) is 11.3. The molecule has 0 heterocycles. The number of aryl methyl sites for hydroxylation is 1. The van der Waals surface area contributed by atoms with E-state index in [9.17, 15) is 24.8 Å². The summed E-state index contributed by atoms with van der Waals surface area (Å²) in [5.41, 5.74) is 5.27. The van der Waals surface area contributed by atoms with Crippen molar-refractivity contribution in [1.82, 2.24) is 5.32 Å². The molecule has 1 N–H and O–H groups in total. The van der Waals surface area contributed by atoms with Crippen molar-refractivity contribution >= 4 is 35.0 Å². The Morgan fingerprint density at radius 1 is 0.933 bits per heavy atom. The van der Waals surface area contributed by atoms with Crippen LogP contribution in [0.4, 0.5) is 11.4 Å². The molecule has 11 heteroatoms. The van der Waals surface area contributed by atoms with Gasteiger partial charge in [-0.15, -0.1) is 0 Å². The number of carbonyl (C=O) groups is 2. The molecule has 1 amide bonds. The minimum Gasteiger partial charge on any atom is -0.548 e. The standard InChI is InChI=1S/C34H35N3O6S.Li/c1-23-9-7-8-12-29(23)31-19-24(13-14-30(31)33(38)35-32(34(39)40)15-16-44-3)21-36(26-10-5-4-6-11-26)22-25-17-27(37(41)42)20-28(18-25)43-2;/h4-14,17-20,32H,15-16,21-22H2,1-3H3,(H,35,38)(H,39,40);/q;+1/p-1/t32-;/m0./s1. The molecule has 45 heavy (non-hydrogen) atoms. The Labute approximate surface area is 279 Å². The SMILES string of the molecule is COc1cc(CN(Cc2ccc(C(=O)N[C@@H](CCSC)C(=O)[O-])c(-c3ccccc3C)c2)c2ccccc2)cc([N+](=O)[O-])c1.[Li+]. The monoisotopic (exact) mass is 619 g/mol. The van der Waals surface area contributed by atoms with Gasteiger partial charge in [0.2, 0.25) is 0 Å². The zero-order chi connectivity index (χ0) is 31.6. The largest absolute Gasteiger partial charge is 1.00 e. The minimum atomic E-state index is -1.32. The maximum Gasteiger partial charge on any atom is 1.00 e. The molecule has 9 nitrogen and oxygen atoms in total. The summed E-state index contributed by atoms with van der Waals surface area (Å²) in [5, 5.41) is 26.0. The van der Waals surface area contributed by atoms with E-state index in [0.29, 0.717) is 41.3 Å². The van der Waals surface area contributed by atoms with Crippen LogP contribution in [-0.2, 0) is 17.9 Å². The van der Waals surface area contributed by atoms with Gasteiger partial charge >= 0.3 is 18.9 Å². The maximum absolute atomic E-state index is 13.5. The number of hydrogen-bond acceptors (Lipinski definition) is 8. The van der Waals surface area contributed by atoms with Gasteiger partial charge in [-0.25, -0.2) is 0 Å². The molecule has 0 saturated carbocycles. The number of nitrogens with one attached hydrogen (secondary N) is 1. The van der Waals surface area contributed by atoms with Crippen molar-refractivity contribution in [2.24, 2.45) is 0 Å². The number of nitro benzene ring substituents is 1. The normalized spacial score (nSPS) is 11.2. The van der Waals surface area contributed by atoms with Crippen LogP contribution >= 0.6 is 11.8 Å². The van der Waals surface area contributed by atoms with Gasteiger partial charge in [0.1, 0.15) is 5.75 Å². The first-order valence-electron chi connectivity index (χ1n) is 14.0. The number of non-ortho nitro benzene ring substituents is 1. The fourth-order valence-electron chi connectivity index (χ4n) is 4.98. The summed E-state index contributed by atoms with van der Waals surface area (Å²) in [6.07, 6.45) is 2.12. The number of carboxylic acid groups (broad SMARTS) is 1. The van der Waals surface area contributed by atoms with Crippen molar-refractivity contribution in [3.05, 3.63) is 123 Å². The third-order valence-electron chi connectivity index (χ3n) is 7.23. The number of hydrogen-bond donors (Lipinski definition) is 1. The maximum atomic E-state index is 13.5. The third-order valence-corrected chi connectivity index (χ3v) is 7.87. The zero-order valence-electron chi connectivity index (χ0n) is 25.8. The molecule has 0 bridgehead atoms. The van der Waals surface area contributed by atoms with Crippen molar-refractivity contribution in [2.75, 3.05) is 24.0 Å². The Bertz CT molecular complexity index is 1640. The fraction of sp³-hybridized carbons (Fsp3) is 0.235. The number of carboxylic acids is 1. The fourth-order valence-corrected chi connectivity index (χ4v) is 5.45. The van der Waals surface area contributed by atoms with Gasteiger partial charge in [-0.2, -0.15) is 11.8 Å². The van der Waals surface area contributed by atoms with Gasteiger partial charge in [0.05, 0.1) is 30.1 Å². The predicted molar refractivity (Wildman–Crippen MR) is 172 cm³/mol. The Balaban J connectivity index is 0.00000552. The summed E-state index contributed by atoms with van der Waals surface area (Å²) in [6, 6.07) is 26.5. The van der Waals surface area contributed by atoms with Gasteiger partial charge in [-0.1, -0.05) is 48.5 Å². The van der Waals surface area contributed by atoms with Gasteiger partial charge in [-0.3, -0.25) is 14.9 Å². The zero-order valence-corrected chi connectivity index (χ0v) is 26.6. The first-order chi connectivity index (χ1) is 21.2. The van der Waals surface area contributed by atoms with E-state index in [1.807, 2.05) is 79.9 Å². The number of ether oxygens (including phenoxy) is 1. The summed E-state index contributed by atoms with van der Waals surface area (Å²) in [7, 11) is 1.47. The number of anilines is 1. The molecular formula is C34H34LiN3O6S. The van der Waals surface area contributed by atoms with Gasteiger partial charge in [0.25, 0.3) is 11.6 Å². The van der Waals surface area contributed by atoms with Crippen LogP contribution in [-0.4, -0.2) is 42.0 Å². The smallest absolute Gasteiger partial charge is 0.548 e. The minimum absolute atomic E-state index is 0. The van der Waals surface area contributed by atoms with Gasteiger partial charge in [0, 0.05) is 30.4 Å². The molecule has 4 rings (SSSR count). The van der Waals surface area contributed by atoms with Gasteiger partial charge < -0.3 is 24.9 Å². The number of methoxy groups -OCH3 is 1. The van der Waals surface area contributed by atoms with E-state index in [1.165, 1.54) is 31.0 Å². The third kappa shape index (κ3) is 9.38. The van der Waals surface area contributed by atoms with Crippen molar-refractivity contribution in [3.8, 4) is 16.9 Å². The second kappa shape index (κ2) is 16.7. The number of carbonyl (C=O) groups excluding carboxylic acids is 2. The van der Waals surface area contributed by atoms with E-state index in [1.54, 1.807) is 12.1 Å². The molecule has 0 saturated heterocycles. The molecule has 0 aliphatic heterocycles. The average molecular weight is 620 g/mol. The second-order valence-electron chi connectivity index (χ2n) is 10.3. The summed E-state index contributed by atoms with van der Waals surface area (Å²) in [5.74, 6) is -0.854. The molecule has 0 fully saturated rings. The number of nitrogens with zero attached hydrogens (tertiary/aromatic N) is 2. The average Bonchev–Trinajstić information content (AvgIpc) is 3.02. The number of para-hydroxylation sites is 1. The van der Waals surface area contributed by atoms with Crippen LogP contribution < -0.4 is 38.9 Å². The molecule has 0 aliphatic carbocycles. The molecule has 4 aromatic rings. The number of benzene rings is 4. The number of aliphatic carboxylic acids is 1. The van der Waals surface area contributed by atoms with Crippen LogP contribution in [0.5, 0.6) is 5.75 Å². The quantitative estimate of drug-likeness (QED) is 0.130. The van der Waals surface area contributed by atoms with Crippen molar-refractivity contribution in [2.45, 2.75) is 32.5 Å². The summed E-state index contributed by atoms with van der Waals surface area (Å²) < 4.78 is 5.32. The molecular weight excluding hydrogens is 585 g/mol. The van der Waals surface area contributed by atoms with Crippen LogP contribution in [0.25, 0.3) is 11.1 Å². The summed E-state index contributed by atoms with van der Waals surface area (Å²) in [4.78, 5) is 38.5. The molecule has 1 atom stereocenters. The van der Waals surface area contributed by atoms with Gasteiger partial charge in [0.15, 0.2) is 0 Å². The predicted octanol–water partition coefficient (Wildman–Crippen LogP) is 2.39. The van der Waals surface area contributed by atoms with Crippen LogP contribution in [0.3, 0.4) is 0 Å². The number of thioether (sulfide) groups is 1. The first kappa shape index (κ1) is 35.2. The Morgan fingerprint density at radius 3 is 2.27 bits per heavy atom. The summed E-state index contributed by atoms with van der Waals surface area (Å²) >= 11 is 1.50. The van der Waals surface area contributed by atoms with Crippen LogP contribution in [0.1, 0.15) is 33.5 Å². The van der Waals surface area contributed by atoms with Crippen molar-refractivity contribution in [1.29, 1.82) is 0 Å². The Hall–Kier alpha value is -4.23. The summed E-state index contributed by atoms with van der Waals surface area (Å²) in [6.45, 7) is 2.73. The van der Waals surface area contributed by atoms with E-state index < -0.39 is 22.8 Å². The number of nitro groups is 1. The first-order valence-corrected chi connectivity index (χ1v) is 15.4. The van der Waals surface area contributed by atoms with Crippen LogP contribution in [0.2, 0.25) is 0 Å². The van der Waals surface area contributed by atoms with Gasteiger partial charge in [-0.05, 0) is 83.5 Å². The van der Waals surface area contributed by atoms with E-state index in [2.05, 4.69) is 10.2 Å². The molecule has 0 aliphatic rings. The Kier molecular flexibility index (Phi) is 13.1.